The van der Waals surface area contributed by atoms with Crippen molar-refractivity contribution in [2.75, 3.05) is 86.2 Å². The number of carboxylic acids is 3. The number of carboxylic acid groups (broad SMARTS) is 3. The number of aliphatic carboxylic acids is 3. The maximum atomic E-state index is 14.7. The number of rotatable bonds is 65. The minimum Gasteiger partial charge on any atom is -0.481 e. The molecule has 119 heavy (non-hydrogen) atoms. The molecule has 45 heteroatoms. The molecule has 0 aliphatic carbocycles. The first-order valence-corrected chi connectivity index (χ1v) is 39.0. The molecule has 1 aromatic rings. The average molecular weight is 1690 g/mol. The molecular formula is C74H124N20O25. The molecule has 670 valence electrons. The van der Waals surface area contributed by atoms with E-state index in [0.29, 0.717) is 38.4 Å². The molecule has 0 fully saturated rings. The second-order valence-corrected chi connectivity index (χ2v) is 28.3. The van der Waals surface area contributed by atoms with Crippen LogP contribution in [-0.4, -0.2) is 281 Å². The number of carbonyl (C=O) groups excluding carboxylic acids is 14. The summed E-state index contributed by atoms with van der Waals surface area (Å²) in [6, 6.07) is -9.18. The van der Waals surface area contributed by atoms with Gasteiger partial charge in [0.25, 0.3) is 0 Å². The molecule has 1 aromatic carbocycles. The highest BCUT2D eigenvalue weighted by Gasteiger charge is 2.38. The molecule has 13 atom stereocenters. The Morgan fingerprint density at radius 2 is 0.798 bits per heavy atom. The van der Waals surface area contributed by atoms with Gasteiger partial charge in [0, 0.05) is 45.9 Å². The molecule has 27 N–H and O–H groups in total. The summed E-state index contributed by atoms with van der Waals surface area (Å²) < 4.78 is 26.5. The number of carbonyl (C=O) groups is 17. The predicted molar refractivity (Wildman–Crippen MR) is 427 cm³/mol. The minimum absolute atomic E-state index is 0.0164. The summed E-state index contributed by atoms with van der Waals surface area (Å²) in [7, 11) is 1.56. The first kappa shape index (κ1) is 106. The number of primary amides is 2. The lowest BCUT2D eigenvalue weighted by molar-refractivity contribution is -0.141. The Bertz CT molecular complexity index is 3510. The van der Waals surface area contributed by atoms with Crippen molar-refractivity contribution in [2.45, 2.75) is 211 Å². The molecule has 0 heterocycles. The molecule has 0 spiro atoms. The van der Waals surface area contributed by atoms with Crippen molar-refractivity contribution in [2.24, 2.45) is 62.1 Å². The number of ether oxygens (including phenoxy) is 5. The fraction of sp³-hybridized carbons (Fsp3) is 0.662. The Kier molecular flexibility index (Phi) is 52.6. The van der Waals surface area contributed by atoms with Crippen molar-refractivity contribution in [3.63, 3.8) is 0 Å². The molecule has 0 aliphatic heterocycles. The summed E-state index contributed by atoms with van der Waals surface area (Å²) in [5, 5.41) is 58.2. The topological polar surface area (TPSA) is 722 Å². The molecule has 0 aromatic heterocycles. The van der Waals surface area contributed by atoms with Gasteiger partial charge in [-0.05, 0) is 81.6 Å². The number of hydrogen-bond donors (Lipinski definition) is 21. The molecule has 0 unspecified atom stereocenters. The maximum Gasteiger partial charge on any atom is 0.305 e. The van der Waals surface area contributed by atoms with Crippen molar-refractivity contribution in [1.29, 1.82) is 0 Å². The summed E-state index contributed by atoms with van der Waals surface area (Å²) in [4.78, 5) is 236. The van der Waals surface area contributed by atoms with Crippen LogP contribution in [0.3, 0.4) is 0 Å². The van der Waals surface area contributed by atoms with Crippen LogP contribution < -0.4 is 98.2 Å². The number of nitrogens with two attached hydrogens (primary N) is 6. The molecule has 0 saturated carbocycles. The van der Waals surface area contributed by atoms with E-state index in [2.05, 4.69) is 73.8 Å². The lowest BCUT2D eigenvalue weighted by Crippen LogP contribution is -2.61. The van der Waals surface area contributed by atoms with Crippen LogP contribution in [0.4, 0.5) is 0 Å². The fourth-order valence-corrected chi connectivity index (χ4v) is 11.0. The number of amides is 14. The lowest BCUT2D eigenvalue weighted by atomic mass is 9.97. The Morgan fingerprint density at radius 1 is 0.403 bits per heavy atom. The van der Waals surface area contributed by atoms with Gasteiger partial charge in [0.05, 0.1) is 65.8 Å². The van der Waals surface area contributed by atoms with E-state index in [9.17, 15) is 96.8 Å². The zero-order valence-corrected chi connectivity index (χ0v) is 68.7. The van der Waals surface area contributed by atoms with E-state index in [1.54, 1.807) is 79.0 Å². The Balaban J connectivity index is 3.56. The Morgan fingerprint density at radius 3 is 1.22 bits per heavy atom. The van der Waals surface area contributed by atoms with E-state index < -0.39 is 243 Å². The molecule has 45 nitrogen and oxygen atoms in total. The van der Waals surface area contributed by atoms with Gasteiger partial charge in [0.15, 0.2) is 11.9 Å². The van der Waals surface area contributed by atoms with Crippen molar-refractivity contribution < 1.29 is 121 Å². The highest BCUT2D eigenvalue weighted by molar-refractivity contribution is 6.00. The number of methoxy groups -OCH3 is 1. The van der Waals surface area contributed by atoms with Crippen molar-refractivity contribution in [3.05, 3.63) is 35.9 Å². The maximum absolute atomic E-state index is 14.7. The SMILES string of the molecule is CC[C@H](C)[C@H](NC(=O)COCCOCCOCCOCCOC)C(=O)N[C@@H](C)C(=O)N[C@@H](CCC(N)=O)C(=O)N[C@@H](CCC(=O)O)C(=O)N[C@@H](CC(C)C)C(=O)N[C@@H](CCCN=C(N)N)C(=O)N[C@@H](CCCN=C(N)N)C(=O)N[C@H](C(=O)NCC(=O)N[C@@H](CC(=O)O)C(=O)N[C@@H](CCC(=O)O)C(=O)N[C@@H](Cc1ccccc1)C(N)=O)[C@@H](C)CC. The zero-order valence-electron chi connectivity index (χ0n) is 68.7. The van der Waals surface area contributed by atoms with Crippen LogP contribution >= 0.6 is 0 Å². The average Bonchev–Trinajstić information content (AvgIpc) is 0.857. The molecule has 1 rings (SSSR count). The molecule has 0 bridgehead atoms. The van der Waals surface area contributed by atoms with E-state index in [-0.39, 0.29) is 96.4 Å². The third kappa shape index (κ3) is 46.9. The number of nitrogens with zero attached hydrogens (tertiary/aromatic N) is 2. The lowest BCUT2D eigenvalue weighted by Gasteiger charge is -2.29. The van der Waals surface area contributed by atoms with Gasteiger partial charge >= 0.3 is 17.9 Å². The molecule has 0 aliphatic rings. The Labute approximate surface area is 689 Å². The van der Waals surface area contributed by atoms with Gasteiger partial charge in [0.1, 0.15) is 73.1 Å². The molecule has 14 amide bonds. The van der Waals surface area contributed by atoms with Gasteiger partial charge in [-0.1, -0.05) is 84.7 Å². The van der Waals surface area contributed by atoms with E-state index in [0.717, 1.165) is 0 Å². The van der Waals surface area contributed by atoms with Crippen molar-refractivity contribution >= 4 is 113 Å². The number of hydrogen-bond acceptors (Lipinski definition) is 24. The molecule has 0 saturated heterocycles. The smallest absolute Gasteiger partial charge is 0.305 e. The van der Waals surface area contributed by atoms with Crippen LogP contribution in [0.15, 0.2) is 40.3 Å². The van der Waals surface area contributed by atoms with Crippen LogP contribution in [-0.2, 0) is 112 Å². The van der Waals surface area contributed by atoms with Crippen molar-refractivity contribution in [1.82, 2.24) is 63.8 Å². The van der Waals surface area contributed by atoms with Gasteiger partial charge < -0.3 is 137 Å². The van der Waals surface area contributed by atoms with Crippen LogP contribution in [0.2, 0.25) is 0 Å². The van der Waals surface area contributed by atoms with Gasteiger partial charge in [-0.3, -0.25) is 91.5 Å². The standard InChI is InChI=1S/C74H124N20O25/c1-9-42(5)60(71(113)83-39-55(96)85-53(38-59(102)103)70(112)90-49(21-24-57(98)99)66(108)91-51(62(76)104)37-45-16-12-11-13-17-45)94-68(110)47(19-15-27-82-74(79)80)87-64(106)46(18-14-26-81-73(77)78)88-69(111)52(36-41(3)4)92-67(109)50(22-25-58(100)101)89-65(107)48(20-23-54(75)95)86-63(105)44(7)84-72(114)61(43(6)10-2)93-56(97)40-119-35-34-118-33-32-117-31-30-116-29-28-115-8/h11-13,16-17,41-44,46-53,60-61H,9-10,14-15,18-40H2,1-8H3,(H2,75,95)(H2,76,104)(H,83,113)(H,84,114)(H,85,96)(H,86,105)(H,87,106)(H,88,111)(H,89,107)(H,90,112)(H,91,108)(H,92,109)(H,93,97)(H,94,110)(H,98,99)(H,100,101)(H,102,103)(H4,77,78,81)(H4,79,80,82)/t42-,43-,44-,46-,47-,48-,49-,50-,51-,52-,53-,60-,61-/m0/s1. The van der Waals surface area contributed by atoms with Gasteiger partial charge in [-0.15, -0.1) is 0 Å². The third-order valence-electron chi connectivity index (χ3n) is 17.9. The summed E-state index contributed by atoms with van der Waals surface area (Å²) in [5.41, 5.74) is 33.9. The number of aliphatic imine (C=N–C) groups is 2. The number of nitrogens with one attached hydrogen (secondary N) is 12. The summed E-state index contributed by atoms with van der Waals surface area (Å²) in [5.74, 6) is -21.1. The van der Waals surface area contributed by atoms with E-state index >= 15 is 0 Å². The van der Waals surface area contributed by atoms with Crippen LogP contribution in [0.1, 0.15) is 144 Å². The van der Waals surface area contributed by atoms with E-state index in [1.165, 1.54) is 6.92 Å². The number of benzene rings is 1. The highest BCUT2D eigenvalue weighted by Crippen LogP contribution is 2.15. The predicted octanol–water partition coefficient (Wildman–Crippen LogP) is -6.39. The molecular weight excluding hydrogens is 1570 g/mol. The Hall–Kier alpha value is -11.5. The summed E-state index contributed by atoms with van der Waals surface area (Å²) >= 11 is 0. The fourth-order valence-electron chi connectivity index (χ4n) is 11.0. The quantitative estimate of drug-likeness (QED) is 0.0164. The van der Waals surface area contributed by atoms with E-state index in [4.69, 9.17) is 58.1 Å². The first-order chi connectivity index (χ1) is 56.2. The second-order valence-electron chi connectivity index (χ2n) is 28.3. The van der Waals surface area contributed by atoms with Crippen LogP contribution in [0, 0.1) is 17.8 Å². The van der Waals surface area contributed by atoms with Crippen LogP contribution in [0.5, 0.6) is 0 Å². The van der Waals surface area contributed by atoms with Gasteiger partial charge in [-0.2, -0.15) is 0 Å². The summed E-state index contributed by atoms with van der Waals surface area (Å²) in [6.45, 7) is 11.8. The summed E-state index contributed by atoms with van der Waals surface area (Å²) in [6.07, 6.45) is -5.09. The highest BCUT2D eigenvalue weighted by atomic mass is 16.6. The normalized spacial score (nSPS) is 14.3. The van der Waals surface area contributed by atoms with Gasteiger partial charge in [-0.25, -0.2) is 0 Å². The molecule has 0 radical (unpaired) electrons. The number of guanidine groups is 2. The van der Waals surface area contributed by atoms with E-state index in [1.807, 2.05) is 0 Å². The monoisotopic (exact) mass is 1690 g/mol. The third-order valence-corrected chi connectivity index (χ3v) is 17.9. The second kappa shape index (κ2) is 59.2. The minimum atomic E-state index is -1.97. The zero-order chi connectivity index (χ0) is 89.7. The van der Waals surface area contributed by atoms with Crippen molar-refractivity contribution in [3.8, 4) is 0 Å². The first-order valence-electron chi connectivity index (χ1n) is 39.0. The van der Waals surface area contributed by atoms with Crippen LogP contribution in [0.25, 0.3) is 0 Å². The van der Waals surface area contributed by atoms with Gasteiger partial charge in [0.2, 0.25) is 82.7 Å². The largest absolute Gasteiger partial charge is 0.481 e.